The Morgan fingerprint density at radius 2 is 1.97 bits per heavy atom. The van der Waals surface area contributed by atoms with E-state index < -0.39 is 0 Å². The standard InChI is InChI=1S/C22H20N2O5/c25-21(12-24-19-8-1-2-9-20(19)29-15-22(24)26)23-17-6-3-5-16(11-17)13-27-14-18-7-4-10-28-18/h1-11H,12-15H2,(H,23,25). The van der Waals surface area contributed by atoms with E-state index in [2.05, 4.69) is 5.32 Å². The Morgan fingerprint density at radius 3 is 2.83 bits per heavy atom. The van der Waals surface area contributed by atoms with Crippen molar-refractivity contribution in [2.45, 2.75) is 13.2 Å². The van der Waals surface area contributed by atoms with Gasteiger partial charge in [0, 0.05) is 5.69 Å². The summed E-state index contributed by atoms with van der Waals surface area (Å²) in [6, 6.07) is 18.2. The summed E-state index contributed by atoms with van der Waals surface area (Å²) in [5, 5.41) is 2.84. The molecule has 0 saturated carbocycles. The summed E-state index contributed by atoms with van der Waals surface area (Å²) < 4.78 is 16.3. The molecule has 1 N–H and O–H groups in total. The molecule has 7 heteroatoms. The smallest absolute Gasteiger partial charge is 0.265 e. The van der Waals surface area contributed by atoms with Crippen molar-refractivity contribution in [1.82, 2.24) is 0 Å². The maximum Gasteiger partial charge on any atom is 0.265 e. The van der Waals surface area contributed by atoms with Crippen molar-refractivity contribution in [1.29, 1.82) is 0 Å². The summed E-state index contributed by atoms with van der Waals surface area (Å²) in [5.41, 5.74) is 2.16. The van der Waals surface area contributed by atoms with E-state index in [1.54, 1.807) is 30.5 Å². The highest BCUT2D eigenvalue weighted by Gasteiger charge is 2.26. The average Bonchev–Trinajstić information content (AvgIpc) is 3.24. The second kappa shape index (κ2) is 8.62. The van der Waals surface area contributed by atoms with E-state index >= 15 is 0 Å². The average molecular weight is 392 g/mol. The van der Waals surface area contributed by atoms with Crippen LogP contribution < -0.4 is 15.0 Å². The van der Waals surface area contributed by atoms with E-state index in [9.17, 15) is 9.59 Å². The van der Waals surface area contributed by atoms with Gasteiger partial charge in [0.1, 0.15) is 24.7 Å². The van der Waals surface area contributed by atoms with Gasteiger partial charge in [-0.05, 0) is 42.0 Å². The molecule has 1 aliphatic heterocycles. The van der Waals surface area contributed by atoms with Crippen LogP contribution in [0, 0.1) is 0 Å². The maximum absolute atomic E-state index is 12.5. The quantitative estimate of drug-likeness (QED) is 0.667. The largest absolute Gasteiger partial charge is 0.482 e. The molecule has 0 aliphatic carbocycles. The van der Waals surface area contributed by atoms with Crippen molar-refractivity contribution >= 4 is 23.2 Å². The third-order valence-electron chi connectivity index (χ3n) is 4.41. The van der Waals surface area contributed by atoms with E-state index in [1.165, 1.54) is 4.90 Å². The number of carbonyl (C=O) groups excluding carboxylic acids is 2. The fourth-order valence-electron chi connectivity index (χ4n) is 3.07. The third-order valence-corrected chi connectivity index (χ3v) is 4.41. The summed E-state index contributed by atoms with van der Waals surface area (Å²) in [4.78, 5) is 26.2. The number of anilines is 2. The zero-order valence-electron chi connectivity index (χ0n) is 15.7. The molecule has 7 nitrogen and oxygen atoms in total. The Labute approximate surface area is 167 Å². The van der Waals surface area contributed by atoms with Crippen LogP contribution in [0.25, 0.3) is 0 Å². The summed E-state index contributed by atoms with van der Waals surface area (Å²) in [7, 11) is 0. The number of hydrogen-bond donors (Lipinski definition) is 1. The van der Waals surface area contributed by atoms with Gasteiger partial charge in [-0.3, -0.25) is 14.5 Å². The normalized spacial score (nSPS) is 13.0. The molecule has 2 heterocycles. The molecule has 2 aromatic carbocycles. The van der Waals surface area contributed by atoms with Gasteiger partial charge in [0.05, 0.1) is 18.6 Å². The van der Waals surface area contributed by atoms with Crippen LogP contribution in [-0.4, -0.2) is 25.0 Å². The number of fused-ring (bicyclic) bond motifs is 1. The van der Waals surface area contributed by atoms with Gasteiger partial charge in [-0.1, -0.05) is 24.3 Å². The Bertz CT molecular complexity index is 1000. The molecule has 148 valence electrons. The van der Waals surface area contributed by atoms with Crippen molar-refractivity contribution in [3.8, 4) is 5.75 Å². The lowest BCUT2D eigenvalue weighted by molar-refractivity contribution is -0.123. The number of ether oxygens (including phenoxy) is 2. The van der Waals surface area contributed by atoms with Gasteiger partial charge in [0.25, 0.3) is 5.91 Å². The van der Waals surface area contributed by atoms with Crippen LogP contribution in [0.3, 0.4) is 0 Å². The lowest BCUT2D eigenvalue weighted by Crippen LogP contribution is -2.43. The van der Waals surface area contributed by atoms with Gasteiger partial charge < -0.3 is 19.2 Å². The first-order chi connectivity index (χ1) is 14.2. The minimum Gasteiger partial charge on any atom is -0.482 e. The van der Waals surface area contributed by atoms with Gasteiger partial charge in [-0.15, -0.1) is 0 Å². The van der Waals surface area contributed by atoms with Crippen molar-refractivity contribution in [3.05, 3.63) is 78.3 Å². The second-order valence-electron chi connectivity index (χ2n) is 6.56. The van der Waals surface area contributed by atoms with E-state index in [1.807, 2.05) is 36.4 Å². The second-order valence-corrected chi connectivity index (χ2v) is 6.56. The number of amides is 2. The first-order valence-corrected chi connectivity index (χ1v) is 9.20. The Morgan fingerprint density at radius 1 is 1.07 bits per heavy atom. The van der Waals surface area contributed by atoms with Crippen LogP contribution >= 0.6 is 0 Å². The minimum atomic E-state index is -0.288. The summed E-state index contributed by atoms with van der Waals surface area (Å²) in [5.74, 6) is 0.808. The highest BCUT2D eigenvalue weighted by molar-refractivity contribution is 6.04. The number of hydrogen-bond acceptors (Lipinski definition) is 5. The Kier molecular flexibility index (Phi) is 5.58. The van der Waals surface area contributed by atoms with Gasteiger partial charge in [0.2, 0.25) is 5.91 Å². The summed E-state index contributed by atoms with van der Waals surface area (Å²) >= 11 is 0. The van der Waals surface area contributed by atoms with Crippen LogP contribution in [0.15, 0.2) is 71.3 Å². The number of benzene rings is 2. The van der Waals surface area contributed by atoms with E-state index in [4.69, 9.17) is 13.9 Å². The number of para-hydroxylation sites is 2. The molecule has 0 atom stereocenters. The number of rotatable bonds is 7. The number of nitrogens with one attached hydrogen (secondary N) is 1. The van der Waals surface area contributed by atoms with E-state index in [-0.39, 0.29) is 25.0 Å². The Balaban J connectivity index is 1.35. The molecule has 4 rings (SSSR count). The van der Waals surface area contributed by atoms with Gasteiger partial charge >= 0.3 is 0 Å². The molecule has 3 aromatic rings. The lowest BCUT2D eigenvalue weighted by Gasteiger charge is -2.28. The molecule has 0 radical (unpaired) electrons. The van der Waals surface area contributed by atoms with E-state index in [0.29, 0.717) is 30.3 Å². The SMILES string of the molecule is O=C(CN1C(=O)COc2ccccc21)Nc1cccc(COCc2ccco2)c1. The molecule has 0 fully saturated rings. The maximum atomic E-state index is 12.5. The van der Waals surface area contributed by atoms with Crippen LogP contribution in [0.4, 0.5) is 11.4 Å². The monoisotopic (exact) mass is 392 g/mol. The highest BCUT2D eigenvalue weighted by atomic mass is 16.5. The fraction of sp³-hybridized carbons (Fsp3) is 0.182. The Hall–Kier alpha value is -3.58. The lowest BCUT2D eigenvalue weighted by atomic mass is 10.2. The van der Waals surface area contributed by atoms with Gasteiger partial charge in [0.15, 0.2) is 6.61 Å². The molecule has 1 aromatic heterocycles. The predicted octanol–water partition coefficient (Wildman–Crippen LogP) is 3.36. The summed E-state index contributed by atoms with van der Waals surface area (Å²) in [6.45, 7) is 0.604. The third kappa shape index (κ3) is 4.64. The molecule has 29 heavy (non-hydrogen) atoms. The molecule has 2 amide bonds. The summed E-state index contributed by atoms with van der Waals surface area (Å²) in [6.07, 6.45) is 1.60. The van der Waals surface area contributed by atoms with Crippen LogP contribution in [-0.2, 0) is 27.5 Å². The van der Waals surface area contributed by atoms with Crippen molar-refractivity contribution in [2.75, 3.05) is 23.4 Å². The topological polar surface area (TPSA) is 81.0 Å². The van der Waals surface area contributed by atoms with Gasteiger partial charge in [-0.2, -0.15) is 0 Å². The van der Waals surface area contributed by atoms with E-state index in [0.717, 1.165) is 11.3 Å². The number of carbonyl (C=O) groups is 2. The van der Waals surface area contributed by atoms with Crippen LogP contribution in [0.5, 0.6) is 5.75 Å². The molecule has 0 unspecified atom stereocenters. The first kappa shape index (κ1) is 18.8. The molecule has 0 spiro atoms. The fourth-order valence-corrected chi connectivity index (χ4v) is 3.07. The molecule has 0 saturated heterocycles. The predicted molar refractivity (Wildman–Crippen MR) is 107 cm³/mol. The molecular weight excluding hydrogens is 372 g/mol. The first-order valence-electron chi connectivity index (χ1n) is 9.20. The zero-order chi connectivity index (χ0) is 20.1. The van der Waals surface area contributed by atoms with Crippen LogP contribution in [0.2, 0.25) is 0 Å². The zero-order valence-corrected chi connectivity index (χ0v) is 15.7. The molecular formula is C22H20N2O5. The van der Waals surface area contributed by atoms with Crippen molar-refractivity contribution in [2.24, 2.45) is 0 Å². The minimum absolute atomic E-state index is 0.0766. The number of furan rings is 1. The van der Waals surface area contributed by atoms with Crippen molar-refractivity contribution in [3.63, 3.8) is 0 Å². The molecule has 1 aliphatic rings. The highest BCUT2D eigenvalue weighted by Crippen LogP contribution is 2.31. The number of nitrogens with zero attached hydrogens (tertiary/aromatic N) is 1. The molecule has 0 bridgehead atoms. The van der Waals surface area contributed by atoms with Gasteiger partial charge in [-0.25, -0.2) is 0 Å². The van der Waals surface area contributed by atoms with Crippen LogP contribution in [0.1, 0.15) is 11.3 Å². The van der Waals surface area contributed by atoms with Crippen molar-refractivity contribution < 1.29 is 23.5 Å².